The standard InChI is InChI=1S/C12H23N3O/c1-4-6-12(16)9-13-8-11-7-10(5-2)14-15(11)3/h7,12-13,16H,4-6,8-9H2,1-3H3. The Hall–Kier alpha value is -0.870. The molecule has 1 rings (SSSR count). The van der Waals surface area contributed by atoms with Gasteiger partial charge in [-0.1, -0.05) is 20.3 Å². The molecule has 0 aliphatic heterocycles. The van der Waals surface area contributed by atoms with Crippen molar-refractivity contribution in [2.45, 2.75) is 45.8 Å². The summed E-state index contributed by atoms with van der Waals surface area (Å²) in [5.41, 5.74) is 2.29. The monoisotopic (exact) mass is 225 g/mol. The van der Waals surface area contributed by atoms with Crippen LogP contribution in [0, 0.1) is 0 Å². The molecule has 4 nitrogen and oxygen atoms in total. The largest absolute Gasteiger partial charge is 0.392 e. The normalized spacial score (nSPS) is 13.0. The molecule has 0 aromatic carbocycles. The van der Waals surface area contributed by atoms with Crippen molar-refractivity contribution >= 4 is 0 Å². The lowest BCUT2D eigenvalue weighted by Crippen LogP contribution is -2.26. The minimum Gasteiger partial charge on any atom is -0.392 e. The zero-order valence-electron chi connectivity index (χ0n) is 10.5. The summed E-state index contributed by atoms with van der Waals surface area (Å²) in [6, 6.07) is 2.11. The zero-order valence-corrected chi connectivity index (χ0v) is 10.5. The lowest BCUT2D eigenvalue weighted by molar-refractivity contribution is 0.160. The molecule has 4 heteroatoms. The van der Waals surface area contributed by atoms with E-state index in [1.807, 2.05) is 11.7 Å². The van der Waals surface area contributed by atoms with E-state index in [1.54, 1.807) is 0 Å². The van der Waals surface area contributed by atoms with Crippen molar-refractivity contribution in [2.24, 2.45) is 7.05 Å². The third kappa shape index (κ3) is 3.94. The Balaban J connectivity index is 2.33. The minimum absolute atomic E-state index is 0.233. The van der Waals surface area contributed by atoms with Gasteiger partial charge in [-0.3, -0.25) is 4.68 Å². The maximum Gasteiger partial charge on any atom is 0.0664 e. The molecule has 1 heterocycles. The van der Waals surface area contributed by atoms with Gasteiger partial charge in [0.2, 0.25) is 0 Å². The van der Waals surface area contributed by atoms with Gasteiger partial charge >= 0.3 is 0 Å². The van der Waals surface area contributed by atoms with Crippen LogP contribution in [0.4, 0.5) is 0 Å². The van der Waals surface area contributed by atoms with Crippen molar-refractivity contribution in [1.82, 2.24) is 15.1 Å². The molecule has 0 fully saturated rings. The Bertz CT molecular complexity index is 309. The first kappa shape index (κ1) is 13.2. The van der Waals surface area contributed by atoms with Crippen LogP contribution in [-0.4, -0.2) is 27.5 Å². The number of aromatic nitrogens is 2. The zero-order chi connectivity index (χ0) is 12.0. The molecule has 0 bridgehead atoms. The van der Waals surface area contributed by atoms with Crippen LogP contribution in [0.1, 0.15) is 38.1 Å². The lowest BCUT2D eigenvalue weighted by Gasteiger charge is -2.10. The van der Waals surface area contributed by atoms with Crippen LogP contribution in [0.25, 0.3) is 0 Å². The van der Waals surface area contributed by atoms with E-state index in [0.717, 1.165) is 31.5 Å². The molecular formula is C12H23N3O. The van der Waals surface area contributed by atoms with Crippen LogP contribution in [0.2, 0.25) is 0 Å². The third-order valence-corrected chi connectivity index (χ3v) is 2.70. The van der Waals surface area contributed by atoms with Gasteiger partial charge < -0.3 is 10.4 Å². The van der Waals surface area contributed by atoms with Crippen LogP contribution >= 0.6 is 0 Å². The first-order valence-corrected chi connectivity index (χ1v) is 6.07. The van der Waals surface area contributed by atoms with E-state index in [-0.39, 0.29) is 6.10 Å². The Kier molecular flexibility index (Phi) is 5.49. The Morgan fingerprint density at radius 3 is 2.81 bits per heavy atom. The van der Waals surface area contributed by atoms with Crippen molar-refractivity contribution in [1.29, 1.82) is 0 Å². The molecule has 1 unspecified atom stereocenters. The SMILES string of the molecule is CCCC(O)CNCc1cc(CC)nn1C. The Morgan fingerprint density at radius 2 is 2.25 bits per heavy atom. The highest BCUT2D eigenvalue weighted by molar-refractivity contribution is 5.09. The van der Waals surface area contributed by atoms with Gasteiger partial charge in [0.25, 0.3) is 0 Å². The van der Waals surface area contributed by atoms with Gasteiger partial charge in [0.1, 0.15) is 0 Å². The van der Waals surface area contributed by atoms with E-state index < -0.39 is 0 Å². The molecule has 92 valence electrons. The van der Waals surface area contributed by atoms with E-state index in [2.05, 4.69) is 30.3 Å². The molecule has 1 atom stereocenters. The van der Waals surface area contributed by atoms with Crippen molar-refractivity contribution in [3.63, 3.8) is 0 Å². The Morgan fingerprint density at radius 1 is 1.50 bits per heavy atom. The summed E-state index contributed by atoms with van der Waals surface area (Å²) in [6.45, 7) is 5.60. The number of hydrogen-bond donors (Lipinski definition) is 2. The van der Waals surface area contributed by atoms with E-state index in [0.29, 0.717) is 6.54 Å². The molecule has 2 N–H and O–H groups in total. The summed E-state index contributed by atoms with van der Waals surface area (Å²) < 4.78 is 1.90. The minimum atomic E-state index is -0.233. The molecule has 0 aliphatic rings. The van der Waals surface area contributed by atoms with Gasteiger partial charge in [0, 0.05) is 20.1 Å². The second-order valence-corrected chi connectivity index (χ2v) is 4.18. The van der Waals surface area contributed by atoms with Crippen LogP contribution < -0.4 is 5.32 Å². The van der Waals surface area contributed by atoms with Crippen molar-refractivity contribution in [3.05, 3.63) is 17.5 Å². The van der Waals surface area contributed by atoms with Crippen LogP contribution in [-0.2, 0) is 20.0 Å². The quantitative estimate of drug-likeness (QED) is 0.734. The van der Waals surface area contributed by atoms with E-state index in [9.17, 15) is 5.11 Å². The maximum atomic E-state index is 9.56. The third-order valence-electron chi connectivity index (χ3n) is 2.70. The van der Waals surface area contributed by atoms with Gasteiger partial charge in [-0.25, -0.2) is 0 Å². The summed E-state index contributed by atoms with van der Waals surface area (Å²) in [5, 5.41) is 17.2. The molecule has 0 aliphatic carbocycles. The van der Waals surface area contributed by atoms with E-state index >= 15 is 0 Å². The van der Waals surface area contributed by atoms with Crippen molar-refractivity contribution in [2.75, 3.05) is 6.54 Å². The highest BCUT2D eigenvalue weighted by atomic mass is 16.3. The van der Waals surface area contributed by atoms with Gasteiger partial charge in [-0.05, 0) is 18.9 Å². The molecule has 16 heavy (non-hydrogen) atoms. The fourth-order valence-electron chi connectivity index (χ4n) is 1.71. The molecule has 0 spiro atoms. The first-order valence-electron chi connectivity index (χ1n) is 6.07. The summed E-state index contributed by atoms with van der Waals surface area (Å²) in [4.78, 5) is 0. The highest BCUT2D eigenvalue weighted by Gasteiger charge is 2.05. The number of nitrogens with zero attached hydrogens (tertiary/aromatic N) is 2. The predicted octanol–water partition coefficient (Wildman–Crippen LogP) is 1.23. The van der Waals surface area contributed by atoms with Gasteiger partial charge in [-0.2, -0.15) is 5.10 Å². The second-order valence-electron chi connectivity index (χ2n) is 4.18. The maximum absolute atomic E-state index is 9.56. The molecule has 0 saturated heterocycles. The number of nitrogens with one attached hydrogen (secondary N) is 1. The van der Waals surface area contributed by atoms with Gasteiger partial charge in [0.05, 0.1) is 17.5 Å². The summed E-state index contributed by atoms with van der Waals surface area (Å²) in [6.07, 6.45) is 2.61. The van der Waals surface area contributed by atoms with Crippen LogP contribution in [0.15, 0.2) is 6.07 Å². The van der Waals surface area contributed by atoms with Crippen molar-refractivity contribution < 1.29 is 5.11 Å². The molecule has 0 amide bonds. The van der Waals surface area contributed by atoms with Crippen LogP contribution in [0.5, 0.6) is 0 Å². The summed E-state index contributed by atoms with van der Waals surface area (Å²) >= 11 is 0. The highest BCUT2D eigenvalue weighted by Crippen LogP contribution is 2.03. The molecule has 1 aromatic rings. The molecule has 1 aromatic heterocycles. The van der Waals surface area contributed by atoms with Crippen molar-refractivity contribution in [3.8, 4) is 0 Å². The summed E-state index contributed by atoms with van der Waals surface area (Å²) in [5.74, 6) is 0. The number of aliphatic hydroxyl groups is 1. The smallest absolute Gasteiger partial charge is 0.0664 e. The Labute approximate surface area is 97.7 Å². The lowest BCUT2D eigenvalue weighted by atomic mass is 10.2. The van der Waals surface area contributed by atoms with Crippen LogP contribution in [0.3, 0.4) is 0 Å². The fraction of sp³-hybridized carbons (Fsp3) is 0.750. The van der Waals surface area contributed by atoms with E-state index in [4.69, 9.17) is 0 Å². The van der Waals surface area contributed by atoms with E-state index in [1.165, 1.54) is 5.69 Å². The van der Waals surface area contributed by atoms with Gasteiger partial charge in [0.15, 0.2) is 0 Å². The molecule has 0 radical (unpaired) electrons. The topological polar surface area (TPSA) is 50.1 Å². The number of aliphatic hydroxyl groups excluding tert-OH is 1. The average Bonchev–Trinajstić information content (AvgIpc) is 2.60. The number of hydrogen-bond acceptors (Lipinski definition) is 3. The molecular weight excluding hydrogens is 202 g/mol. The number of aryl methyl sites for hydroxylation is 2. The number of rotatable bonds is 7. The molecule has 0 saturated carbocycles. The predicted molar refractivity (Wildman–Crippen MR) is 65.2 cm³/mol. The fourth-order valence-corrected chi connectivity index (χ4v) is 1.71. The first-order chi connectivity index (χ1) is 7.67. The average molecular weight is 225 g/mol. The van der Waals surface area contributed by atoms with Gasteiger partial charge in [-0.15, -0.1) is 0 Å². The summed E-state index contributed by atoms with van der Waals surface area (Å²) in [7, 11) is 1.96. The second kappa shape index (κ2) is 6.66.